The largest absolute Gasteiger partial charge is 0.482 e. The van der Waals surface area contributed by atoms with Gasteiger partial charge in [-0.2, -0.15) is 0 Å². The second kappa shape index (κ2) is 9.61. The number of esters is 1. The summed E-state index contributed by atoms with van der Waals surface area (Å²) in [6.07, 6.45) is 1.87. The van der Waals surface area contributed by atoms with Crippen LogP contribution in [0.25, 0.3) is 0 Å². The van der Waals surface area contributed by atoms with Gasteiger partial charge in [-0.25, -0.2) is 4.79 Å². The number of ether oxygens (including phenoxy) is 2. The van der Waals surface area contributed by atoms with Gasteiger partial charge in [0.05, 0.1) is 6.61 Å². The fourth-order valence-corrected chi connectivity index (χ4v) is 1.79. The summed E-state index contributed by atoms with van der Waals surface area (Å²) in [7, 11) is 0. The van der Waals surface area contributed by atoms with E-state index >= 15 is 0 Å². The summed E-state index contributed by atoms with van der Waals surface area (Å²) < 4.78 is 10.6. The number of benzene rings is 1. The molecular formula is C15H22ClNO3. The van der Waals surface area contributed by atoms with Crippen molar-refractivity contribution < 1.29 is 14.3 Å². The zero-order chi connectivity index (χ0) is 14.8. The normalized spacial score (nSPS) is 10.3. The lowest BCUT2D eigenvalue weighted by Gasteiger charge is -2.12. The highest BCUT2D eigenvalue weighted by molar-refractivity contribution is 6.30. The Balaban J connectivity index is 2.51. The van der Waals surface area contributed by atoms with E-state index in [1.54, 1.807) is 12.1 Å². The van der Waals surface area contributed by atoms with Crippen molar-refractivity contribution >= 4 is 17.6 Å². The monoisotopic (exact) mass is 299 g/mol. The van der Waals surface area contributed by atoms with E-state index in [1.165, 1.54) is 0 Å². The highest BCUT2D eigenvalue weighted by Gasteiger charge is 2.08. The number of carbonyl (C=O) groups excluding carboxylic acids is 1. The van der Waals surface area contributed by atoms with E-state index in [-0.39, 0.29) is 12.6 Å². The van der Waals surface area contributed by atoms with Crippen molar-refractivity contribution in [2.24, 2.45) is 0 Å². The minimum atomic E-state index is -0.345. The third-order valence-corrected chi connectivity index (χ3v) is 2.93. The topological polar surface area (TPSA) is 47.6 Å². The maximum atomic E-state index is 11.5. The standard InChI is InChI=1S/C15H22ClNO3/c1-3-5-8-19-15(18)11-20-14-7-6-13(16)9-12(14)10-17-4-2/h6-7,9,17H,3-5,8,10-11H2,1-2H3. The van der Waals surface area contributed by atoms with Crippen molar-refractivity contribution in [2.45, 2.75) is 33.2 Å². The summed E-state index contributed by atoms with van der Waals surface area (Å²) in [5, 5.41) is 3.86. The molecule has 0 radical (unpaired) electrons. The van der Waals surface area contributed by atoms with Crippen molar-refractivity contribution in [1.29, 1.82) is 0 Å². The lowest BCUT2D eigenvalue weighted by Crippen LogP contribution is -2.17. The second-order valence-electron chi connectivity index (χ2n) is 4.40. The Bertz CT molecular complexity index is 424. The molecule has 0 bridgehead atoms. The van der Waals surface area contributed by atoms with E-state index in [9.17, 15) is 4.79 Å². The van der Waals surface area contributed by atoms with Crippen LogP contribution in [-0.2, 0) is 16.1 Å². The quantitative estimate of drug-likeness (QED) is 0.562. The Morgan fingerprint density at radius 3 is 2.85 bits per heavy atom. The van der Waals surface area contributed by atoms with Gasteiger partial charge in [0.1, 0.15) is 5.75 Å². The molecule has 0 atom stereocenters. The summed E-state index contributed by atoms with van der Waals surface area (Å²) in [5.41, 5.74) is 0.931. The molecule has 0 aliphatic carbocycles. The van der Waals surface area contributed by atoms with Gasteiger partial charge in [0.25, 0.3) is 0 Å². The molecule has 1 aromatic rings. The molecule has 0 heterocycles. The molecule has 0 spiro atoms. The van der Waals surface area contributed by atoms with Crippen molar-refractivity contribution in [3.63, 3.8) is 0 Å². The van der Waals surface area contributed by atoms with Gasteiger partial charge in [0, 0.05) is 17.1 Å². The first-order chi connectivity index (χ1) is 9.67. The molecule has 20 heavy (non-hydrogen) atoms. The predicted molar refractivity (Wildman–Crippen MR) is 80.2 cm³/mol. The van der Waals surface area contributed by atoms with E-state index in [1.807, 2.05) is 19.9 Å². The Morgan fingerprint density at radius 2 is 2.15 bits per heavy atom. The fraction of sp³-hybridized carbons (Fsp3) is 0.533. The van der Waals surface area contributed by atoms with E-state index in [0.717, 1.165) is 24.9 Å². The Morgan fingerprint density at radius 1 is 1.35 bits per heavy atom. The number of rotatable bonds is 9. The number of nitrogens with one attached hydrogen (secondary N) is 1. The van der Waals surface area contributed by atoms with Crippen LogP contribution in [0.15, 0.2) is 18.2 Å². The minimum Gasteiger partial charge on any atom is -0.482 e. The first-order valence-corrected chi connectivity index (χ1v) is 7.32. The Kier molecular flexibility index (Phi) is 8.07. The van der Waals surface area contributed by atoms with Crippen LogP contribution < -0.4 is 10.1 Å². The lowest BCUT2D eigenvalue weighted by atomic mass is 10.2. The molecule has 0 saturated heterocycles. The third-order valence-electron chi connectivity index (χ3n) is 2.69. The van der Waals surface area contributed by atoms with Crippen molar-refractivity contribution in [3.8, 4) is 5.75 Å². The summed E-state index contributed by atoms with van der Waals surface area (Å²) in [5.74, 6) is 0.311. The molecule has 4 nitrogen and oxygen atoms in total. The SMILES string of the molecule is CCCCOC(=O)COc1ccc(Cl)cc1CNCC. The molecule has 0 aliphatic rings. The van der Waals surface area contributed by atoms with Gasteiger partial charge in [0.2, 0.25) is 0 Å². The molecule has 0 fully saturated rings. The molecular weight excluding hydrogens is 278 g/mol. The number of hydrogen-bond acceptors (Lipinski definition) is 4. The zero-order valence-corrected chi connectivity index (χ0v) is 12.8. The Hall–Kier alpha value is -1.26. The number of halogens is 1. The highest BCUT2D eigenvalue weighted by atomic mass is 35.5. The molecule has 0 amide bonds. The first-order valence-electron chi connectivity index (χ1n) is 6.95. The van der Waals surface area contributed by atoms with Crippen LogP contribution in [0.4, 0.5) is 0 Å². The van der Waals surface area contributed by atoms with Crippen LogP contribution in [0, 0.1) is 0 Å². The lowest BCUT2D eigenvalue weighted by molar-refractivity contribution is -0.146. The van der Waals surface area contributed by atoms with Crippen LogP contribution in [0.1, 0.15) is 32.3 Å². The van der Waals surface area contributed by atoms with E-state index in [0.29, 0.717) is 23.9 Å². The molecule has 0 aliphatic heterocycles. The van der Waals surface area contributed by atoms with Gasteiger partial charge < -0.3 is 14.8 Å². The summed E-state index contributed by atoms with van der Waals surface area (Å²) in [6, 6.07) is 5.35. The van der Waals surface area contributed by atoms with Gasteiger partial charge in [-0.05, 0) is 31.2 Å². The molecule has 112 valence electrons. The highest BCUT2D eigenvalue weighted by Crippen LogP contribution is 2.22. The van der Waals surface area contributed by atoms with E-state index in [4.69, 9.17) is 21.1 Å². The Labute approximate surface area is 125 Å². The smallest absolute Gasteiger partial charge is 0.344 e. The van der Waals surface area contributed by atoms with Crippen molar-refractivity contribution in [2.75, 3.05) is 19.8 Å². The van der Waals surface area contributed by atoms with Crippen LogP contribution in [0.5, 0.6) is 5.75 Å². The first kappa shape index (κ1) is 16.8. The zero-order valence-electron chi connectivity index (χ0n) is 12.1. The molecule has 0 saturated carbocycles. The fourth-order valence-electron chi connectivity index (χ4n) is 1.60. The summed E-state index contributed by atoms with van der Waals surface area (Å²) >= 11 is 5.97. The molecule has 5 heteroatoms. The maximum Gasteiger partial charge on any atom is 0.344 e. The second-order valence-corrected chi connectivity index (χ2v) is 4.83. The molecule has 0 aromatic heterocycles. The molecule has 1 rings (SSSR count). The third kappa shape index (κ3) is 6.26. The van der Waals surface area contributed by atoms with Gasteiger partial charge in [-0.1, -0.05) is 31.9 Å². The number of carbonyl (C=O) groups is 1. The van der Waals surface area contributed by atoms with Gasteiger partial charge in [-0.15, -0.1) is 0 Å². The van der Waals surface area contributed by atoms with E-state index in [2.05, 4.69) is 5.32 Å². The summed E-state index contributed by atoms with van der Waals surface area (Å²) in [6.45, 7) is 5.94. The average molecular weight is 300 g/mol. The minimum absolute atomic E-state index is 0.0789. The van der Waals surface area contributed by atoms with E-state index < -0.39 is 0 Å². The van der Waals surface area contributed by atoms with Crippen LogP contribution in [0.2, 0.25) is 5.02 Å². The van der Waals surface area contributed by atoms with Crippen LogP contribution in [0.3, 0.4) is 0 Å². The number of unbranched alkanes of at least 4 members (excludes halogenated alkanes) is 1. The average Bonchev–Trinajstić information content (AvgIpc) is 2.44. The number of hydrogen-bond donors (Lipinski definition) is 1. The van der Waals surface area contributed by atoms with Gasteiger partial charge in [-0.3, -0.25) is 0 Å². The van der Waals surface area contributed by atoms with Crippen LogP contribution in [-0.4, -0.2) is 25.7 Å². The molecule has 1 N–H and O–H groups in total. The van der Waals surface area contributed by atoms with Crippen LogP contribution >= 0.6 is 11.6 Å². The molecule has 0 unspecified atom stereocenters. The van der Waals surface area contributed by atoms with Crippen molar-refractivity contribution in [3.05, 3.63) is 28.8 Å². The maximum absolute atomic E-state index is 11.5. The predicted octanol–water partition coefficient (Wildman–Crippen LogP) is 3.17. The van der Waals surface area contributed by atoms with Gasteiger partial charge in [0.15, 0.2) is 6.61 Å². The summed E-state index contributed by atoms with van der Waals surface area (Å²) in [4.78, 5) is 11.5. The van der Waals surface area contributed by atoms with Gasteiger partial charge >= 0.3 is 5.97 Å². The van der Waals surface area contributed by atoms with Crippen molar-refractivity contribution in [1.82, 2.24) is 5.32 Å². The molecule has 1 aromatic carbocycles.